The molecular formula is C10H22N2O2V. The Hall–Kier alpha value is -0.0256. The molecule has 1 radical (unpaired) electrons. The van der Waals surface area contributed by atoms with E-state index in [4.69, 9.17) is 4.84 Å². The largest absolute Gasteiger partial charge is 0.343 e. The van der Waals surface area contributed by atoms with Crippen molar-refractivity contribution < 1.29 is 28.2 Å². The summed E-state index contributed by atoms with van der Waals surface area (Å²) < 4.78 is 0. The van der Waals surface area contributed by atoms with Crippen LogP contribution in [0.15, 0.2) is 0 Å². The molecule has 0 heterocycles. The minimum Gasteiger partial charge on any atom is -0.343 e. The number of hydrogen-bond donors (Lipinski definition) is 0. The van der Waals surface area contributed by atoms with E-state index in [1.807, 2.05) is 0 Å². The van der Waals surface area contributed by atoms with E-state index in [-0.39, 0.29) is 36.5 Å². The van der Waals surface area contributed by atoms with Crippen molar-refractivity contribution in [3.05, 3.63) is 0 Å². The molecule has 0 fully saturated rings. The van der Waals surface area contributed by atoms with Gasteiger partial charge in [0.15, 0.2) is 0 Å². The van der Waals surface area contributed by atoms with Gasteiger partial charge in [-0.3, -0.25) is 9.63 Å². The van der Waals surface area contributed by atoms with Crippen LogP contribution in [-0.2, 0) is 28.2 Å². The molecular weight excluding hydrogens is 231 g/mol. The second-order valence-electron chi connectivity index (χ2n) is 4.90. The Morgan fingerprint density at radius 3 is 2.00 bits per heavy atom. The summed E-state index contributed by atoms with van der Waals surface area (Å²) in [6, 6.07) is 0. The van der Waals surface area contributed by atoms with E-state index in [0.717, 1.165) is 6.54 Å². The maximum absolute atomic E-state index is 11.5. The summed E-state index contributed by atoms with van der Waals surface area (Å²) >= 11 is 0. The van der Waals surface area contributed by atoms with Crippen LogP contribution in [0.3, 0.4) is 0 Å². The fraction of sp³-hybridized carbons (Fsp3) is 0.900. The molecule has 89 valence electrons. The average Bonchev–Trinajstić information content (AvgIpc) is 1.96. The minimum atomic E-state index is 0. The first kappa shape index (κ1) is 17.4. The molecule has 0 N–H and O–H groups in total. The summed E-state index contributed by atoms with van der Waals surface area (Å²) in [4.78, 5) is 18.3. The molecule has 4 nitrogen and oxygen atoms in total. The summed E-state index contributed by atoms with van der Waals surface area (Å²) in [5.41, 5.74) is 0.128. The summed E-state index contributed by atoms with van der Waals surface area (Å²) in [5, 5.41) is 1.53. The van der Waals surface area contributed by atoms with Crippen LogP contribution >= 0.6 is 0 Å². The van der Waals surface area contributed by atoms with Gasteiger partial charge in [0.2, 0.25) is 5.91 Å². The molecule has 0 spiro atoms. The number of rotatable bonds is 4. The quantitative estimate of drug-likeness (QED) is 0.700. The first-order valence-corrected chi connectivity index (χ1v) is 4.76. The van der Waals surface area contributed by atoms with Gasteiger partial charge in [0.25, 0.3) is 0 Å². The number of likely N-dealkylation sites (N-methyl/N-ethyl adjacent to an activating group) is 1. The van der Waals surface area contributed by atoms with Gasteiger partial charge in [0.05, 0.1) is 0 Å². The monoisotopic (exact) mass is 253 g/mol. The van der Waals surface area contributed by atoms with Crippen LogP contribution in [0, 0.1) is 5.41 Å². The molecule has 0 rings (SSSR count). The second-order valence-corrected chi connectivity index (χ2v) is 4.90. The Balaban J connectivity index is 0. The molecule has 0 aliphatic rings. The average molecular weight is 253 g/mol. The zero-order valence-corrected chi connectivity index (χ0v) is 12.0. The molecule has 15 heavy (non-hydrogen) atoms. The smallest absolute Gasteiger partial charge is 0.250 e. The SMILES string of the molecule is CN(C)OCC(=O)N(C)CC(C)(C)C.[V]. The van der Waals surface area contributed by atoms with Crippen molar-refractivity contribution in [1.29, 1.82) is 0 Å². The maximum Gasteiger partial charge on any atom is 0.250 e. The molecule has 0 aliphatic heterocycles. The maximum atomic E-state index is 11.5. The first-order chi connectivity index (χ1) is 6.22. The predicted octanol–water partition coefficient (Wildman–Crippen LogP) is 0.982. The van der Waals surface area contributed by atoms with Gasteiger partial charge in [-0.25, -0.2) is 0 Å². The van der Waals surface area contributed by atoms with Crippen LogP contribution in [0.1, 0.15) is 20.8 Å². The molecule has 0 aromatic carbocycles. The van der Waals surface area contributed by atoms with Crippen molar-refractivity contribution in [2.75, 3.05) is 34.3 Å². The summed E-state index contributed by atoms with van der Waals surface area (Å²) in [5.74, 6) is 0.00799. The first-order valence-electron chi connectivity index (χ1n) is 4.76. The molecule has 0 aliphatic carbocycles. The zero-order valence-electron chi connectivity index (χ0n) is 10.6. The molecule has 5 heteroatoms. The van der Waals surface area contributed by atoms with E-state index in [9.17, 15) is 4.79 Å². The number of hydrogen-bond acceptors (Lipinski definition) is 3. The van der Waals surface area contributed by atoms with Gasteiger partial charge >= 0.3 is 0 Å². The van der Waals surface area contributed by atoms with Gasteiger partial charge in [-0.15, -0.1) is 0 Å². The van der Waals surface area contributed by atoms with Gasteiger partial charge < -0.3 is 4.90 Å². The van der Waals surface area contributed by atoms with E-state index in [2.05, 4.69) is 20.8 Å². The summed E-state index contributed by atoms with van der Waals surface area (Å²) in [7, 11) is 5.32. The Bertz CT molecular complexity index is 190. The zero-order chi connectivity index (χ0) is 11.4. The van der Waals surface area contributed by atoms with E-state index in [1.165, 1.54) is 5.06 Å². The fourth-order valence-electron chi connectivity index (χ4n) is 1.09. The van der Waals surface area contributed by atoms with E-state index < -0.39 is 0 Å². The third-order valence-electron chi connectivity index (χ3n) is 1.58. The molecule has 1 amide bonds. The molecule has 0 aromatic heterocycles. The Morgan fingerprint density at radius 1 is 1.20 bits per heavy atom. The number of carbonyl (C=O) groups is 1. The van der Waals surface area contributed by atoms with Gasteiger partial charge in [0.1, 0.15) is 6.61 Å². The van der Waals surface area contributed by atoms with Crippen molar-refractivity contribution in [2.45, 2.75) is 20.8 Å². The van der Waals surface area contributed by atoms with Crippen LogP contribution in [0.5, 0.6) is 0 Å². The molecule has 0 aromatic rings. The van der Waals surface area contributed by atoms with Crippen LogP contribution in [0.2, 0.25) is 0 Å². The fourth-order valence-corrected chi connectivity index (χ4v) is 1.09. The van der Waals surface area contributed by atoms with Crippen LogP contribution in [-0.4, -0.2) is 50.2 Å². The number of nitrogens with zero attached hydrogens (tertiary/aromatic N) is 2. The molecule has 0 saturated carbocycles. The molecule has 0 atom stereocenters. The van der Waals surface area contributed by atoms with Crippen molar-refractivity contribution >= 4 is 5.91 Å². The summed E-state index contributed by atoms with van der Waals surface area (Å²) in [6.45, 7) is 7.15. The Kier molecular flexibility index (Phi) is 8.43. The van der Waals surface area contributed by atoms with Crippen LogP contribution in [0.25, 0.3) is 0 Å². The van der Waals surface area contributed by atoms with E-state index >= 15 is 0 Å². The third kappa shape index (κ3) is 10.3. The van der Waals surface area contributed by atoms with Crippen molar-refractivity contribution in [3.8, 4) is 0 Å². The topological polar surface area (TPSA) is 32.8 Å². The second kappa shape index (κ2) is 7.28. The molecule has 0 unspecified atom stereocenters. The normalized spacial score (nSPS) is 11.1. The van der Waals surface area contributed by atoms with Crippen molar-refractivity contribution in [1.82, 2.24) is 9.96 Å². The summed E-state index contributed by atoms with van der Waals surface area (Å²) in [6.07, 6.45) is 0. The minimum absolute atomic E-state index is 0. The van der Waals surface area contributed by atoms with Gasteiger partial charge in [-0.2, -0.15) is 5.06 Å². The number of carbonyl (C=O) groups excluding carboxylic acids is 1. The number of amides is 1. The number of hydroxylamine groups is 2. The third-order valence-corrected chi connectivity index (χ3v) is 1.58. The molecule has 0 saturated heterocycles. The van der Waals surface area contributed by atoms with Gasteiger partial charge in [-0.1, -0.05) is 20.8 Å². The Morgan fingerprint density at radius 2 is 1.67 bits per heavy atom. The van der Waals surface area contributed by atoms with E-state index in [1.54, 1.807) is 26.0 Å². The van der Waals surface area contributed by atoms with E-state index in [0.29, 0.717) is 0 Å². The standard InChI is InChI=1S/C10H22N2O2.V/c1-10(2,3)8-12(6)9(13)7-14-11(4)5;/h7-8H2,1-6H3;. The van der Waals surface area contributed by atoms with Crippen molar-refractivity contribution in [2.24, 2.45) is 5.41 Å². The van der Waals surface area contributed by atoms with Crippen LogP contribution < -0.4 is 0 Å². The van der Waals surface area contributed by atoms with Gasteiger partial charge in [-0.05, 0) is 5.41 Å². The van der Waals surface area contributed by atoms with Gasteiger partial charge in [0, 0.05) is 46.2 Å². The Labute approximate surface area is 105 Å². The van der Waals surface area contributed by atoms with Crippen LogP contribution in [0.4, 0.5) is 0 Å². The molecule has 0 bridgehead atoms. The predicted molar refractivity (Wildman–Crippen MR) is 56.7 cm³/mol. The van der Waals surface area contributed by atoms with Crippen molar-refractivity contribution in [3.63, 3.8) is 0 Å².